The molecule has 4 saturated carbocycles. The Bertz CT molecular complexity index is 1130. The Balaban J connectivity index is 1.18. The zero-order chi connectivity index (χ0) is 27.7. The van der Waals surface area contributed by atoms with Gasteiger partial charge >= 0.3 is 5.97 Å². The zero-order valence-electron chi connectivity index (χ0n) is 24.0. The number of aliphatic hydroxyl groups excluding tert-OH is 1. The number of imide groups is 1. The van der Waals surface area contributed by atoms with Gasteiger partial charge in [0.2, 0.25) is 0 Å². The molecule has 6 rings (SSSR count). The molecule has 0 saturated heterocycles. The summed E-state index contributed by atoms with van der Waals surface area (Å²) in [5.74, 6) is 2.50. The molecule has 1 aliphatic heterocycles. The number of hydrogen-bond donors (Lipinski definition) is 1. The van der Waals surface area contributed by atoms with Crippen LogP contribution in [0, 0.1) is 46.3 Å². The molecular weight excluding hydrogens is 490 g/mol. The number of carbonyl (C=O) groups is 3. The van der Waals surface area contributed by atoms with E-state index in [1.807, 2.05) is 12.1 Å². The van der Waals surface area contributed by atoms with Crippen molar-refractivity contribution >= 4 is 17.8 Å². The Morgan fingerprint density at radius 3 is 2.38 bits per heavy atom. The van der Waals surface area contributed by atoms with E-state index in [2.05, 4.69) is 20.8 Å². The van der Waals surface area contributed by atoms with Gasteiger partial charge in [-0.3, -0.25) is 19.3 Å². The highest BCUT2D eigenvalue weighted by atomic mass is 16.5. The van der Waals surface area contributed by atoms with E-state index in [9.17, 15) is 19.5 Å². The van der Waals surface area contributed by atoms with Crippen LogP contribution in [0.1, 0.15) is 106 Å². The smallest absolute Gasteiger partial charge is 0.305 e. The Kier molecular flexibility index (Phi) is 6.72. The second-order valence-corrected chi connectivity index (χ2v) is 14.0. The van der Waals surface area contributed by atoms with E-state index in [1.54, 1.807) is 17.0 Å². The summed E-state index contributed by atoms with van der Waals surface area (Å²) in [6, 6.07) is 7.20. The first-order valence-corrected chi connectivity index (χ1v) is 15.3. The van der Waals surface area contributed by atoms with Crippen molar-refractivity contribution in [2.75, 3.05) is 7.11 Å². The van der Waals surface area contributed by atoms with E-state index in [-0.39, 0.29) is 40.8 Å². The van der Waals surface area contributed by atoms with Crippen molar-refractivity contribution in [3.8, 4) is 0 Å². The summed E-state index contributed by atoms with van der Waals surface area (Å²) in [4.78, 5) is 39.8. The van der Waals surface area contributed by atoms with Gasteiger partial charge in [-0.1, -0.05) is 32.9 Å². The summed E-state index contributed by atoms with van der Waals surface area (Å²) in [5.41, 5.74) is 1.13. The Morgan fingerprint density at radius 2 is 1.72 bits per heavy atom. The van der Waals surface area contributed by atoms with Gasteiger partial charge in [0.25, 0.3) is 11.8 Å². The molecule has 6 heteroatoms. The molecule has 5 aliphatic rings. The van der Waals surface area contributed by atoms with Gasteiger partial charge in [-0.05, 0) is 116 Å². The SMILES string of the molecule is COC(=O)CCC(C)C1CCC2C3CCC4CC(N5C(=O)c6ccccc6C5=O)CCC4(C)C3CC(O)C12C. The van der Waals surface area contributed by atoms with Gasteiger partial charge in [0, 0.05) is 12.5 Å². The van der Waals surface area contributed by atoms with Crippen molar-refractivity contribution in [1.82, 2.24) is 4.90 Å². The molecule has 1 aromatic carbocycles. The number of esters is 1. The normalized spacial score (nSPS) is 41.9. The van der Waals surface area contributed by atoms with E-state index in [1.165, 1.54) is 20.0 Å². The Labute approximate surface area is 232 Å². The monoisotopic (exact) mass is 535 g/mol. The third kappa shape index (κ3) is 3.94. The standard InChI is InChI=1S/C33H45NO5/c1-19(9-14-29(36)39-4)25-12-13-26-24-11-10-20-17-21(34-30(37)22-7-5-6-8-23(22)31(34)38)15-16-32(20,2)27(24)18-28(35)33(25,26)3/h5-8,19-21,24-28,35H,9-18H2,1-4H3. The highest BCUT2D eigenvalue weighted by Crippen LogP contribution is 2.68. The van der Waals surface area contributed by atoms with Gasteiger partial charge in [-0.15, -0.1) is 0 Å². The predicted molar refractivity (Wildman–Crippen MR) is 148 cm³/mol. The largest absolute Gasteiger partial charge is 0.469 e. The number of benzene rings is 1. The van der Waals surface area contributed by atoms with Crippen LogP contribution in [0.4, 0.5) is 0 Å². The number of fused-ring (bicyclic) bond motifs is 6. The van der Waals surface area contributed by atoms with Gasteiger partial charge < -0.3 is 9.84 Å². The molecule has 4 fully saturated rings. The fourth-order valence-electron chi connectivity index (χ4n) is 10.6. The number of nitrogens with zero attached hydrogens (tertiary/aromatic N) is 1. The van der Waals surface area contributed by atoms with Crippen LogP contribution in [0.2, 0.25) is 0 Å². The number of rotatable bonds is 5. The Morgan fingerprint density at radius 1 is 1.03 bits per heavy atom. The second kappa shape index (κ2) is 9.71. The lowest BCUT2D eigenvalue weighted by molar-refractivity contribution is -0.171. The maximum absolute atomic E-state index is 13.2. The van der Waals surface area contributed by atoms with Crippen molar-refractivity contribution in [2.24, 2.45) is 46.3 Å². The second-order valence-electron chi connectivity index (χ2n) is 14.0. The summed E-state index contributed by atoms with van der Waals surface area (Å²) in [7, 11) is 1.45. The predicted octanol–water partition coefficient (Wildman–Crippen LogP) is 5.87. The van der Waals surface area contributed by atoms with Crippen LogP contribution < -0.4 is 0 Å². The maximum atomic E-state index is 13.2. The third-order valence-corrected chi connectivity index (χ3v) is 12.7. The maximum Gasteiger partial charge on any atom is 0.305 e. The molecule has 10 atom stereocenters. The molecule has 0 spiro atoms. The van der Waals surface area contributed by atoms with Crippen LogP contribution in [-0.4, -0.2) is 47.0 Å². The van der Waals surface area contributed by atoms with Gasteiger partial charge in [0.1, 0.15) is 0 Å². The molecule has 0 aromatic heterocycles. The molecule has 0 radical (unpaired) electrons. The summed E-state index contributed by atoms with van der Waals surface area (Å²) >= 11 is 0. The lowest BCUT2D eigenvalue weighted by Gasteiger charge is -2.63. The van der Waals surface area contributed by atoms with Gasteiger partial charge in [0.05, 0.1) is 24.3 Å². The van der Waals surface area contributed by atoms with Crippen LogP contribution in [0.15, 0.2) is 24.3 Å². The molecule has 2 amide bonds. The van der Waals surface area contributed by atoms with Crippen LogP contribution in [0.3, 0.4) is 0 Å². The minimum Gasteiger partial charge on any atom is -0.469 e. The van der Waals surface area contributed by atoms with E-state index >= 15 is 0 Å². The molecule has 1 heterocycles. The highest BCUT2D eigenvalue weighted by molar-refractivity contribution is 6.21. The first kappa shape index (κ1) is 27.0. The lowest BCUT2D eigenvalue weighted by atomic mass is 9.43. The van der Waals surface area contributed by atoms with Crippen molar-refractivity contribution in [2.45, 2.75) is 97.1 Å². The molecule has 212 valence electrons. The summed E-state index contributed by atoms with van der Waals surface area (Å²) in [5, 5.41) is 11.8. The topological polar surface area (TPSA) is 83.9 Å². The summed E-state index contributed by atoms with van der Waals surface area (Å²) in [6.07, 6.45) is 9.15. The molecule has 4 aliphatic carbocycles. The zero-order valence-corrected chi connectivity index (χ0v) is 24.0. The number of amides is 2. The van der Waals surface area contributed by atoms with E-state index < -0.39 is 0 Å². The van der Waals surface area contributed by atoms with Gasteiger partial charge in [0.15, 0.2) is 0 Å². The van der Waals surface area contributed by atoms with Gasteiger partial charge in [-0.2, -0.15) is 0 Å². The molecular formula is C33H45NO5. The molecule has 6 nitrogen and oxygen atoms in total. The summed E-state index contributed by atoms with van der Waals surface area (Å²) < 4.78 is 4.89. The molecule has 0 bridgehead atoms. The fraction of sp³-hybridized carbons (Fsp3) is 0.727. The van der Waals surface area contributed by atoms with E-state index in [0.29, 0.717) is 53.1 Å². The van der Waals surface area contributed by atoms with Crippen molar-refractivity contribution in [3.63, 3.8) is 0 Å². The minimum atomic E-state index is -0.332. The van der Waals surface area contributed by atoms with E-state index in [0.717, 1.165) is 44.9 Å². The number of aliphatic hydroxyl groups is 1. The molecule has 10 unspecified atom stereocenters. The van der Waals surface area contributed by atoms with Gasteiger partial charge in [-0.25, -0.2) is 0 Å². The first-order chi connectivity index (χ1) is 18.6. The van der Waals surface area contributed by atoms with Crippen LogP contribution >= 0.6 is 0 Å². The number of hydrogen-bond acceptors (Lipinski definition) is 5. The quantitative estimate of drug-likeness (QED) is 0.377. The molecule has 39 heavy (non-hydrogen) atoms. The number of methoxy groups -OCH3 is 1. The van der Waals surface area contributed by atoms with Crippen LogP contribution in [-0.2, 0) is 9.53 Å². The molecule has 1 aromatic rings. The van der Waals surface area contributed by atoms with Crippen molar-refractivity contribution in [1.29, 1.82) is 0 Å². The third-order valence-electron chi connectivity index (χ3n) is 12.7. The first-order valence-electron chi connectivity index (χ1n) is 15.3. The lowest BCUT2D eigenvalue weighted by Crippen LogP contribution is -2.59. The van der Waals surface area contributed by atoms with Crippen molar-refractivity contribution in [3.05, 3.63) is 35.4 Å². The molecule has 1 N–H and O–H groups in total. The van der Waals surface area contributed by atoms with Crippen LogP contribution in [0.5, 0.6) is 0 Å². The summed E-state index contributed by atoms with van der Waals surface area (Å²) in [6.45, 7) is 7.06. The minimum absolute atomic E-state index is 0.0303. The average molecular weight is 536 g/mol. The number of carbonyl (C=O) groups excluding carboxylic acids is 3. The van der Waals surface area contributed by atoms with Crippen molar-refractivity contribution < 1.29 is 24.2 Å². The Hall–Kier alpha value is -2.21. The fourth-order valence-corrected chi connectivity index (χ4v) is 10.6. The van der Waals surface area contributed by atoms with E-state index in [4.69, 9.17) is 4.74 Å². The van der Waals surface area contributed by atoms with Crippen LogP contribution in [0.25, 0.3) is 0 Å². The average Bonchev–Trinajstić information content (AvgIpc) is 3.42. The highest BCUT2D eigenvalue weighted by Gasteiger charge is 2.64. The number of ether oxygens (including phenoxy) is 1.